The topological polar surface area (TPSA) is 105 Å². The van der Waals surface area contributed by atoms with E-state index in [0.717, 1.165) is 0 Å². The summed E-state index contributed by atoms with van der Waals surface area (Å²) in [4.78, 5) is 4.26. The normalized spacial score (nSPS) is 11.7. The van der Waals surface area contributed by atoms with Gasteiger partial charge in [-0.3, -0.25) is 4.98 Å². The highest BCUT2D eigenvalue weighted by molar-refractivity contribution is 7.89. The van der Waals surface area contributed by atoms with E-state index in [-0.39, 0.29) is 29.4 Å². The van der Waals surface area contributed by atoms with Gasteiger partial charge in [0.05, 0.1) is 17.1 Å². The van der Waals surface area contributed by atoms with Gasteiger partial charge in [-0.2, -0.15) is 9.52 Å². The number of pyridine rings is 1. The number of hydrogen-bond acceptors (Lipinski definition) is 6. The second-order valence-corrected chi connectivity index (χ2v) is 8.96. The van der Waals surface area contributed by atoms with Crippen LogP contribution < -0.4 is 0 Å². The summed E-state index contributed by atoms with van der Waals surface area (Å²) in [5, 5.41) is 13.8. The van der Waals surface area contributed by atoms with Crippen LogP contribution in [0.5, 0.6) is 0 Å². The van der Waals surface area contributed by atoms with Crippen LogP contribution in [0.25, 0.3) is 11.4 Å². The van der Waals surface area contributed by atoms with Crippen molar-refractivity contribution in [3.8, 4) is 11.4 Å². The molecule has 0 fully saturated rings. The molecule has 11 heteroatoms. The molecule has 0 aliphatic rings. The van der Waals surface area contributed by atoms with E-state index in [1.165, 1.54) is 40.7 Å². The molecule has 0 unspecified atom stereocenters. The van der Waals surface area contributed by atoms with E-state index >= 15 is 0 Å². The van der Waals surface area contributed by atoms with Crippen LogP contribution in [0, 0.1) is 5.82 Å². The SMILES string of the molecule is O=S(=O)(c1ccc(Cl)cc1)N(Cc1ccccn1)Cc1ccc(-c2nn[nH]n2)cc1F. The van der Waals surface area contributed by atoms with E-state index in [1.807, 2.05) is 0 Å². The molecule has 0 aliphatic carbocycles. The molecule has 2 aromatic carbocycles. The Hall–Kier alpha value is -3.21. The van der Waals surface area contributed by atoms with Crippen LogP contribution in [0.15, 0.2) is 71.8 Å². The molecule has 2 heterocycles. The molecule has 0 amide bonds. The van der Waals surface area contributed by atoms with Gasteiger partial charge in [-0.05, 0) is 47.7 Å². The van der Waals surface area contributed by atoms with Crippen molar-refractivity contribution in [1.82, 2.24) is 29.9 Å². The van der Waals surface area contributed by atoms with Crippen LogP contribution in [-0.2, 0) is 23.1 Å². The average molecular weight is 459 g/mol. The minimum Gasteiger partial charge on any atom is -0.260 e. The monoisotopic (exact) mass is 458 g/mol. The number of nitrogens with one attached hydrogen (secondary N) is 1. The molecule has 31 heavy (non-hydrogen) atoms. The van der Waals surface area contributed by atoms with Crippen LogP contribution >= 0.6 is 11.6 Å². The van der Waals surface area contributed by atoms with Crippen LogP contribution in [0.2, 0.25) is 5.02 Å². The second-order valence-electron chi connectivity index (χ2n) is 6.59. The fourth-order valence-corrected chi connectivity index (χ4v) is 4.46. The van der Waals surface area contributed by atoms with E-state index < -0.39 is 15.8 Å². The molecule has 1 N–H and O–H groups in total. The van der Waals surface area contributed by atoms with Gasteiger partial charge in [-0.1, -0.05) is 29.8 Å². The first-order valence-corrected chi connectivity index (χ1v) is 10.9. The lowest BCUT2D eigenvalue weighted by atomic mass is 10.1. The summed E-state index contributed by atoms with van der Waals surface area (Å²) in [7, 11) is -3.96. The van der Waals surface area contributed by atoms with E-state index in [1.54, 1.807) is 30.5 Å². The summed E-state index contributed by atoms with van der Waals surface area (Å²) >= 11 is 5.89. The van der Waals surface area contributed by atoms with E-state index in [9.17, 15) is 12.8 Å². The van der Waals surface area contributed by atoms with Gasteiger partial charge < -0.3 is 0 Å². The minimum atomic E-state index is -3.96. The van der Waals surface area contributed by atoms with Crippen LogP contribution in [0.3, 0.4) is 0 Å². The van der Waals surface area contributed by atoms with Crippen molar-refractivity contribution < 1.29 is 12.8 Å². The fourth-order valence-electron chi connectivity index (χ4n) is 2.94. The Kier molecular flexibility index (Phi) is 6.03. The number of aromatic nitrogens is 5. The predicted molar refractivity (Wildman–Crippen MR) is 112 cm³/mol. The molecule has 0 radical (unpaired) electrons. The number of sulfonamides is 1. The lowest BCUT2D eigenvalue weighted by Crippen LogP contribution is -2.31. The van der Waals surface area contributed by atoms with Crippen molar-refractivity contribution in [3.05, 3.63) is 89.0 Å². The summed E-state index contributed by atoms with van der Waals surface area (Å²) in [6.07, 6.45) is 1.57. The van der Waals surface area contributed by atoms with Crippen molar-refractivity contribution in [2.45, 2.75) is 18.0 Å². The Labute approximate surface area is 182 Å². The maximum atomic E-state index is 14.8. The van der Waals surface area contributed by atoms with Crippen molar-refractivity contribution in [1.29, 1.82) is 0 Å². The van der Waals surface area contributed by atoms with Gasteiger partial charge in [0.1, 0.15) is 5.82 Å². The number of benzene rings is 2. The predicted octanol–water partition coefficient (Wildman–Crippen LogP) is 3.45. The van der Waals surface area contributed by atoms with Crippen LogP contribution in [0.1, 0.15) is 11.3 Å². The number of hydrogen-bond donors (Lipinski definition) is 1. The number of aromatic amines is 1. The molecule has 0 atom stereocenters. The summed E-state index contributed by atoms with van der Waals surface area (Å²) in [5.41, 5.74) is 1.15. The summed E-state index contributed by atoms with van der Waals surface area (Å²) in [5.74, 6) is -0.343. The molecular formula is C20H16ClFN6O2S. The Morgan fingerprint density at radius 2 is 1.84 bits per heavy atom. The zero-order valence-corrected chi connectivity index (χ0v) is 17.6. The molecule has 0 aliphatic heterocycles. The van der Waals surface area contributed by atoms with Gasteiger partial charge in [-0.15, -0.1) is 10.2 Å². The third-order valence-corrected chi connectivity index (χ3v) is 6.58. The lowest BCUT2D eigenvalue weighted by Gasteiger charge is -2.22. The first-order valence-electron chi connectivity index (χ1n) is 9.11. The summed E-state index contributed by atoms with van der Waals surface area (Å²) in [6.45, 7) is -0.224. The maximum Gasteiger partial charge on any atom is 0.243 e. The van der Waals surface area contributed by atoms with Gasteiger partial charge in [0.25, 0.3) is 0 Å². The summed E-state index contributed by atoms with van der Waals surface area (Å²) < 4.78 is 42.7. The molecule has 4 rings (SSSR count). The number of nitrogens with zero attached hydrogens (tertiary/aromatic N) is 5. The largest absolute Gasteiger partial charge is 0.260 e. The number of rotatable bonds is 7. The van der Waals surface area contributed by atoms with Gasteiger partial charge >= 0.3 is 0 Å². The van der Waals surface area contributed by atoms with Gasteiger partial charge in [-0.25, -0.2) is 12.8 Å². The van der Waals surface area contributed by atoms with E-state index in [2.05, 4.69) is 25.6 Å². The van der Waals surface area contributed by atoms with Crippen molar-refractivity contribution in [2.75, 3.05) is 0 Å². The Balaban J connectivity index is 1.68. The molecule has 0 saturated heterocycles. The highest BCUT2D eigenvalue weighted by Crippen LogP contribution is 2.25. The van der Waals surface area contributed by atoms with Crippen LogP contribution in [0.4, 0.5) is 4.39 Å². The van der Waals surface area contributed by atoms with E-state index in [4.69, 9.17) is 11.6 Å². The smallest absolute Gasteiger partial charge is 0.243 e. The molecule has 4 aromatic rings. The third-order valence-electron chi connectivity index (χ3n) is 4.52. The maximum absolute atomic E-state index is 14.8. The molecule has 8 nitrogen and oxygen atoms in total. The molecule has 2 aromatic heterocycles. The van der Waals surface area contributed by atoms with Gasteiger partial charge in [0.2, 0.25) is 15.8 Å². The zero-order valence-electron chi connectivity index (χ0n) is 16.0. The Morgan fingerprint density at radius 3 is 2.48 bits per heavy atom. The van der Waals surface area contributed by atoms with Crippen molar-refractivity contribution in [3.63, 3.8) is 0 Å². The minimum absolute atomic E-state index is 0.0299. The number of tetrazole rings is 1. The second kappa shape index (κ2) is 8.88. The quantitative estimate of drug-likeness (QED) is 0.455. The Morgan fingerprint density at radius 1 is 1.03 bits per heavy atom. The molecule has 158 valence electrons. The first kappa shape index (κ1) is 21.0. The third kappa shape index (κ3) is 4.76. The van der Waals surface area contributed by atoms with Crippen LogP contribution in [-0.4, -0.2) is 38.3 Å². The number of halogens is 2. The number of H-pyrrole nitrogens is 1. The van der Waals surface area contributed by atoms with Gasteiger partial charge in [0, 0.05) is 28.9 Å². The zero-order chi connectivity index (χ0) is 21.8. The van der Waals surface area contributed by atoms with Gasteiger partial charge in [0.15, 0.2) is 0 Å². The standard InChI is InChI=1S/C20H16ClFN6O2S/c21-16-6-8-18(9-7-16)31(29,30)28(13-17-3-1-2-10-23-17)12-15-5-4-14(11-19(15)22)20-24-26-27-25-20/h1-11H,12-13H2,(H,24,25,26,27). The first-order chi connectivity index (χ1) is 14.9. The lowest BCUT2D eigenvalue weighted by molar-refractivity contribution is 0.390. The highest BCUT2D eigenvalue weighted by Gasteiger charge is 2.26. The molecular weight excluding hydrogens is 443 g/mol. The molecule has 0 bridgehead atoms. The average Bonchev–Trinajstić information content (AvgIpc) is 3.30. The van der Waals surface area contributed by atoms with Crippen molar-refractivity contribution in [2.24, 2.45) is 0 Å². The van der Waals surface area contributed by atoms with E-state index in [0.29, 0.717) is 16.3 Å². The fraction of sp³-hybridized carbons (Fsp3) is 0.100. The molecule has 0 saturated carbocycles. The molecule has 0 spiro atoms. The van der Waals surface area contributed by atoms with Crippen molar-refractivity contribution >= 4 is 21.6 Å². The highest BCUT2D eigenvalue weighted by atomic mass is 35.5. The summed E-state index contributed by atoms with van der Waals surface area (Å²) in [6, 6.07) is 15.4. The Bertz CT molecular complexity index is 1270.